The fraction of sp³-hybridized carbons (Fsp3) is 0.727. The molecular formula is C22H27NO6. The number of piperidine rings is 1. The minimum Gasteiger partial charge on any atom is -0.492 e. The molecule has 0 aliphatic carbocycles. The minimum atomic E-state index is -0.724. The molecule has 0 aromatic heterocycles. The molecule has 5 saturated heterocycles. The third-order valence-electron chi connectivity index (χ3n) is 8.47. The maximum Gasteiger partial charge on any atom is 0.343 e. The van der Waals surface area contributed by atoms with E-state index in [4.69, 9.17) is 18.9 Å². The summed E-state index contributed by atoms with van der Waals surface area (Å²) in [5.74, 6) is 1.06. The fourth-order valence-corrected chi connectivity index (χ4v) is 7.48. The number of Topliss-reactive ketones (excluding diaryl/α,β-unsaturated/α-hetero) is 1. The monoisotopic (exact) mass is 401 g/mol. The largest absolute Gasteiger partial charge is 0.492 e. The molecule has 0 amide bonds. The lowest BCUT2D eigenvalue weighted by Crippen LogP contribution is -2.61. The highest BCUT2D eigenvalue weighted by Gasteiger charge is 2.84. The molecule has 5 fully saturated rings. The van der Waals surface area contributed by atoms with Crippen molar-refractivity contribution in [1.82, 2.24) is 4.90 Å². The number of hydrogen-bond donors (Lipinski definition) is 0. The van der Waals surface area contributed by atoms with Gasteiger partial charge in [-0.25, -0.2) is 4.79 Å². The number of allylic oxidation sites excluding steroid dienone is 1. The highest BCUT2D eigenvalue weighted by atomic mass is 16.7. The number of nitrogens with zero attached hydrogens (tertiary/aromatic N) is 1. The number of hydrogen-bond acceptors (Lipinski definition) is 7. The lowest BCUT2D eigenvalue weighted by molar-refractivity contribution is -0.255. The summed E-state index contributed by atoms with van der Waals surface area (Å²) >= 11 is 0. The Balaban J connectivity index is 1.47. The topological polar surface area (TPSA) is 74.3 Å². The van der Waals surface area contributed by atoms with Gasteiger partial charge < -0.3 is 18.9 Å². The van der Waals surface area contributed by atoms with Crippen LogP contribution in [-0.4, -0.2) is 53.8 Å². The van der Waals surface area contributed by atoms with Gasteiger partial charge in [0, 0.05) is 30.7 Å². The molecule has 0 N–H and O–H groups in total. The van der Waals surface area contributed by atoms with Crippen LogP contribution >= 0.6 is 0 Å². The maximum absolute atomic E-state index is 12.5. The van der Waals surface area contributed by atoms with Crippen LogP contribution in [0.25, 0.3) is 0 Å². The molecule has 29 heavy (non-hydrogen) atoms. The van der Waals surface area contributed by atoms with Gasteiger partial charge in [-0.2, -0.15) is 0 Å². The van der Waals surface area contributed by atoms with Crippen LogP contribution in [0, 0.1) is 17.8 Å². The zero-order chi connectivity index (χ0) is 20.3. The molecule has 7 heteroatoms. The molecule has 6 aliphatic heterocycles. The SMILES string of the molecule is CCC(=O)C[C@]12[C@@H]3C[C@H]4[C@H]5[C@H](C)/C(=C6\OC(=O)C(C)=C6OC)O[C@]5(O3)[C@H]1CCN42. The Morgan fingerprint density at radius 1 is 1.38 bits per heavy atom. The van der Waals surface area contributed by atoms with Crippen molar-refractivity contribution in [2.24, 2.45) is 17.8 Å². The molecule has 156 valence electrons. The third-order valence-corrected chi connectivity index (χ3v) is 8.47. The van der Waals surface area contributed by atoms with Crippen molar-refractivity contribution in [2.75, 3.05) is 13.7 Å². The maximum atomic E-state index is 12.5. The number of fused-ring (bicyclic) bond motifs is 1. The number of ether oxygens (including phenoxy) is 4. The van der Waals surface area contributed by atoms with Crippen LogP contribution in [0.2, 0.25) is 0 Å². The van der Waals surface area contributed by atoms with Gasteiger partial charge in [0.05, 0.1) is 30.2 Å². The Labute approximate surface area is 170 Å². The van der Waals surface area contributed by atoms with E-state index in [2.05, 4.69) is 11.8 Å². The van der Waals surface area contributed by atoms with E-state index in [1.807, 2.05) is 6.92 Å². The number of carbonyl (C=O) groups is 2. The first-order valence-electron chi connectivity index (χ1n) is 10.8. The smallest absolute Gasteiger partial charge is 0.343 e. The Hall–Kier alpha value is -1.86. The van der Waals surface area contributed by atoms with Gasteiger partial charge in [-0.3, -0.25) is 9.69 Å². The number of methoxy groups -OCH3 is 1. The summed E-state index contributed by atoms with van der Waals surface area (Å²) in [5, 5.41) is 0. The van der Waals surface area contributed by atoms with Crippen LogP contribution in [0.1, 0.15) is 46.5 Å². The summed E-state index contributed by atoms with van der Waals surface area (Å²) in [7, 11) is 1.55. The number of rotatable bonds is 4. The molecule has 0 aromatic rings. The quantitative estimate of drug-likeness (QED) is 0.669. The Kier molecular flexibility index (Phi) is 3.36. The second-order valence-corrected chi connectivity index (χ2v) is 9.38. The van der Waals surface area contributed by atoms with E-state index in [1.54, 1.807) is 14.0 Å². The van der Waals surface area contributed by atoms with Crippen molar-refractivity contribution in [1.29, 1.82) is 0 Å². The molecule has 6 heterocycles. The summed E-state index contributed by atoms with van der Waals surface area (Å²) in [6.07, 6.45) is 3.06. The molecular weight excluding hydrogens is 374 g/mol. The van der Waals surface area contributed by atoms with Gasteiger partial charge in [0.25, 0.3) is 0 Å². The normalized spacial score (nSPS) is 51.0. The summed E-state index contributed by atoms with van der Waals surface area (Å²) in [6, 6.07) is 0.332. The molecule has 7 nitrogen and oxygen atoms in total. The predicted molar refractivity (Wildman–Crippen MR) is 100 cm³/mol. The second kappa shape index (κ2) is 5.43. The highest BCUT2D eigenvalue weighted by molar-refractivity contribution is 5.93. The third kappa shape index (κ3) is 1.79. The van der Waals surface area contributed by atoms with Crippen molar-refractivity contribution < 1.29 is 28.5 Å². The van der Waals surface area contributed by atoms with E-state index in [0.29, 0.717) is 47.5 Å². The van der Waals surface area contributed by atoms with Crippen LogP contribution < -0.4 is 0 Å². The van der Waals surface area contributed by atoms with E-state index in [1.165, 1.54) is 0 Å². The first-order chi connectivity index (χ1) is 13.9. The van der Waals surface area contributed by atoms with Crippen molar-refractivity contribution in [3.05, 3.63) is 22.9 Å². The number of esters is 1. The van der Waals surface area contributed by atoms with Crippen molar-refractivity contribution in [3.8, 4) is 0 Å². The van der Waals surface area contributed by atoms with Gasteiger partial charge in [-0.1, -0.05) is 13.8 Å². The highest BCUT2D eigenvalue weighted by Crippen LogP contribution is 2.73. The van der Waals surface area contributed by atoms with E-state index in [9.17, 15) is 9.59 Å². The zero-order valence-electron chi connectivity index (χ0n) is 17.3. The fourth-order valence-electron chi connectivity index (χ4n) is 7.48. The lowest BCUT2D eigenvalue weighted by Gasteiger charge is -2.48. The van der Waals surface area contributed by atoms with Gasteiger partial charge in [0.2, 0.25) is 11.5 Å². The van der Waals surface area contributed by atoms with E-state index < -0.39 is 11.8 Å². The molecule has 6 rings (SSSR count). The molecule has 0 radical (unpaired) electrons. The average Bonchev–Trinajstić information content (AvgIpc) is 3.40. The van der Waals surface area contributed by atoms with Crippen LogP contribution in [-0.2, 0) is 28.5 Å². The summed E-state index contributed by atoms with van der Waals surface area (Å²) in [4.78, 5) is 27.3. The van der Waals surface area contributed by atoms with E-state index >= 15 is 0 Å². The standard InChI is InChI=1S/C22H27NO6/c1-5-12(24)9-21-14-6-7-23(21)13-8-15(21)28-22(14)16(13)10(2)18(29-22)19-17(26-4)11(3)20(25)27-19/h10,13-16H,5-9H2,1-4H3/b19-18+/t10-,13-,14-,15-,16+,21+,22+/m0/s1. The first-order valence-corrected chi connectivity index (χ1v) is 10.8. The summed E-state index contributed by atoms with van der Waals surface area (Å²) in [6.45, 7) is 6.78. The Morgan fingerprint density at radius 3 is 2.90 bits per heavy atom. The van der Waals surface area contributed by atoms with Gasteiger partial charge >= 0.3 is 5.97 Å². The molecule has 1 unspecified atom stereocenters. The minimum absolute atomic E-state index is 0.0357. The van der Waals surface area contributed by atoms with Gasteiger partial charge in [0.15, 0.2) is 5.76 Å². The average molecular weight is 401 g/mol. The Bertz CT molecular complexity index is 907. The predicted octanol–water partition coefficient (Wildman–Crippen LogP) is 2.27. The summed E-state index contributed by atoms with van der Waals surface area (Å²) in [5.41, 5.74) is 0.235. The van der Waals surface area contributed by atoms with Crippen molar-refractivity contribution in [2.45, 2.75) is 69.9 Å². The van der Waals surface area contributed by atoms with Crippen molar-refractivity contribution >= 4 is 11.8 Å². The zero-order valence-corrected chi connectivity index (χ0v) is 17.3. The molecule has 0 aromatic carbocycles. The summed E-state index contributed by atoms with van der Waals surface area (Å²) < 4.78 is 24.4. The van der Waals surface area contributed by atoms with Gasteiger partial charge in [-0.15, -0.1) is 0 Å². The number of ketones is 1. The molecule has 6 aliphatic rings. The van der Waals surface area contributed by atoms with E-state index in [-0.39, 0.29) is 29.4 Å². The van der Waals surface area contributed by atoms with Crippen molar-refractivity contribution in [3.63, 3.8) is 0 Å². The van der Waals surface area contributed by atoms with Gasteiger partial charge in [0.1, 0.15) is 11.5 Å². The van der Waals surface area contributed by atoms with Crippen LogP contribution in [0.3, 0.4) is 0 Å². The molecule has 5 bridgehead atoms. The van der Waals surface area contributed by atoms with Crippen LogP contribution in [0.4, 0.5) is 0 Å². The Morgan fingerprint density at radius 2 is 2.17 bits per heavy atom. The molecule has 8 atom stereocenters. The van der Waals surface area contributed by atoms with Crippen LogP contribution in [0.5, 0.6) is 0 Å². The molecule has 1 spiro atoms. The van der Waals surface area contributed by atoms with E-state index in [0.717, 1.165) is 19.4 Å². The van der Waals surface area contributed by atoms with Gasteiger partial charge in [-0.05, 0) is 26.3 Å². The second-order valence-electron chi connectivity index (χ2n) is 9.38. The number of carbonyl (C=O) groups excluding carboxylic acids is 2. The number of cyclic esters (lactones) is 1. The lowest BCUT2D eigenvalue weighted by atomic mass is 9.69. The van der Waals surface area contributed by atoms with Crippen LogP contribution in [0.15, 0.2) is 22.9 Å². The first kappa shape index (κ1) is 18.0. The molecule has 0 saturated carbocycles.